The van der Waals surface area contributed by atoms with Crippen LogP contribution in [0.4, 0.5) is 5.69 Å². The Labute approximate surface area is 208 Å². The summed E-state index contributed by atoms with van der Waals surface area (Å²) in [7, 11) is 1.62. The van der Waals surface area contributed by atoms with E-state index in [1.54, 1.807) is 7.11 Å². The summed E-state index contributed by atoms with van der Waals surface area (Å²) in [5.41, 5.74) is 3.60. The van der Waals surface area contributed by atoms with Gasteiger partial charge in [0.05, 0.1) is 26.4 Å². The summed E-state index contributed by atoms with van der Waals surface area (Å²) in [6, 6.07) is 14.2. The molecule has 1 aliphatic rings. The molecule has 2 aromatic rings. The molecule has 8 heteroatoms. The molecule has 0 amide bonds. The second kappa shape index (κ2) is 13.5. The molecule has 1 atom stereocenters. The Morgan fingerprint density at radius 3 is 2.66 bits per heavy atom. The first-order valence-electron chi connectivity index (χ1n) is 11.0. The SMILES string of the molecule is CCNC(=NCC(O)CN1CCc2ccccc2C1)Nc1ccc(OC)c(OCC)c1.I. The Balaban J connectivity index is 0.00000363. The normalized spacial score (nSPS) is 14.7. The van der Waals surface area contributed by atoms with Gasteiger partial charge in [-0.2, -0.15) is 0 Å². The molecule has 3 rings (SSSR count). The number of aliphatic imine (C=N–C) groups is 1. The predicted octanol–water partition coefficient (Wildman–Crippen LogP) is 3.51. The van der Waals surface area contributed by atoms with Crippen molar-refractivity contribution in [2.75, 3.05) is 45.2 Å². The maximum absolute atomic E-state index is 10.6. The Bertz CT molecular complexity index is 878. The fourth-order valence-corrected chi connectivity index (χ4v) is 3.73. The smallest absolute Gasteiger partial charge is 0.195 e. The predicted molar refractivity (Wildman–Crippen MR) is 141 cm³/mol. The van der Waals surface area contributed by atoms with Gasteiger partial charge in [0, 0.05) is 37.9 Å². The number of methoxy groups -OCH3 is 1. The molecule has 176 valence electrons. The number of β-amino-alcohol motifs (C(OH)–C–C–N with tert-alkyl or cyclic N) is 1. The number of rotatable bonds is 9. The summed E-state index contributed by atoms with van der Waals surface area (Å²) in [4.78, 5) is 6.87. The van der Waals surface area contributed by atoms with Gasteiger partial charge in [0.15, 0.2) is 17.5 Å². The average Bonchev–Trinajstić information content (AvgIpc) is 2.78. The van der Waals surface area contributed by atoms with E-state index in [2.05, 4.69) is 44.8 Å². The van der Waals surface area contributed by atoms with Crippen molar-refractivity contribution in [1.82, 2.24) is 10.2 Å². The van der Waals surface area contributed by atoms with Gasteiger partial charge in [-0.25, -0.2) is 0 Å². The highest BCUT2D eigenvalue weighted by atomic mass is 127. The number of halogens is 1. The number of benzene rings is 2. The highest BCUT2D eigenvalue weighted by Crippen LogP contribution is 2.30. The Kier molecular flexibility index (Phi) is 11.1. The van der Waals surface area contributed by atoms with Crippen LogP contribution in [0.5, 0.6) is 11.5 Å². The second-order valence-electron chi connectivity index (χ2n) is 7.55. The maximum Gasteiger partial charge on any atom is 0.195 e. The van der Waals surface area contributed by atoms with Crippen LogP contribution >= 0.6 is 24.0 Å². The molecule has 1 unspecified atom stereocenters. The van der Waals surface area contributed by atoms with Crippen molar-refractivity contribution in [3.8, 4) is 11.5 Å². The first kappa shape index (κ1) is 26.2. The lowest BCUT2D eigenvalue weighted by Gasteiger charge is -2.30. The maximum atomic E-state index is 10.6. The number of anilines is 1. The highest BCUT2D eigenvalue weighted by Gasteiger charge is 2.18. The summed E-state index contributed by atoms with van der Waals surface area (Å²) in [6.07, 6.45) is 0.492. The number of aliphatic hydroxyl groups is 1. The summed E-state index contributed by atoms with van der Waals surface area (Å²) in [5, 5.41) is 17.1. The molecule has 0 saturated carbocycles. The third-order valence-corrected chi connectivity index (χ3v) is 5.21. The van der Waals surface area contributed by atoms with Crippen LogP contribution in [0.2, 0.25) is 0 Å². The van der Waals surface area contributed by atoms with Crippen molar-refractivity contribution in [2.45, 2.75) is 32.9 Å². The van der Waals surface area contributed by atoms with Crippen molar-refractivity contribution < 1.29 is 14.6 Å². The third-order valence-electron chi connectivity index (χ3n) is 5.21. The summed E-state index contributed by atoms with van der Waals surface area (Å²) >= 11 is 0. The van der Waals surface area contributed by atoms with Gasteiger partial charge in [-0.1, -0.05) is 24.3 Å². The molecule has 0 aromatic heterocycles. The average molecular weight is 554 g/mol. The van der Waals surface area contributed by atoms with E-state index in [9.17, 15) is 5.11 Å². The van der Waals surface area contributed by atoms with E-state index in [4.69, 9.17) is 9.47 Å². The number of guanidine groups is 1. The van der Waals surface area contributed by atoms with Crippen molar-refractivity contribution in [2.24, 2.45) is 4.99 Å². The molecule has 0 aliphatic carbocycles. The van der Waals surface area contributed by atoms with Gasteiger partial charge in [-0.05, 0) is 43.5 Å². The first-order valence-corrected chi connectivity index (χ1v) is 11.0. The molecule has 1 heterocycles. The van der Waals surface area contributed by atoms with E-state index in [-0.39, 0.29) is 24.0 Å². The zero-order valence-electron chi connectivity index (χ0n) is 19.1. The molecule has 0 bridgehead atoms. The van der Waals surface area contributed by atoms with Crippen LogP contribution in [-0.2, 0) is 13.0 Å². The van der Waals surface area contributed by atoms with Gasteiger partial charge in [-0.3, -0.25) is 9.89 Å². The topological polar surface area (TPSA) is 78.4 Å². The number of aliphatic hydroxyl groups excluding tert-OH is 1. The van der Waals surface area contributed by atoms with Crippen LogP contribution in [0.25, 0.3) is 0 Å². The highest BCUT2D eigenvalue weighted by molar-refractivity contribution is 14.0. The molecule has 7 nitrogen and oxygen atoms in total. The summed E-state index contributed by atoms with van der Waals surface area (Å²) in [5.74, 6) is 1.99. The zero-order chi connectivity index (χ0) is 22.1. The molecule has 0 saturated heterocycles. The Morgan fingerprint density at radius 1 is 1.16 bits per heavy atom. The van der Waals surface area contributed by atoms with Crippen LogP contribution in [0.15, 0.2) is 47.5 Å². The molecule has 0 spiro atoms. The first-order chi connectivity index (χ1) is 15.1. The van der Waals surface area contributed by atoms with Crippen LogP contribution in [-0.4, -0.2) is 62.0 Å². The minimum Gasteiger partial charge on any atom is -0.493 e. The lowest BCUT2D eigenvalue weighted by molar-refractivity contribution is 0.112. The molecule has 0 radical (unpaired) electrons. The lowest BCUT2D eigenvalue weighted by atomic mass is 10.00. The third kappa shape index (κ3) is 7.53. The summed E-state index contributed by atoms with van der Waals surface area (Å²) < 4.78 is 11.0. The molecule has 3 N–H and O–H groups in total. The van der Waals surface area contributed by atoms with Gasteiger partial charge in [0.2, 0.25) is 0 Å². The Hall–Kier alpha value is -2.04. The van der Waals surface area contributed by atoms with Crippen molar-refractivity contribution in [3.63, 3.8) is 0 Å². The van der Waals surface area contributed by atoms with E-state index < -0.39 is 6.10 Å². The second-order valence-corrected chi connectivity index (χ2v) is 7.55. The van der Waals surface area contributed by atoms with E-state index in [1.807, 2.05) is 32.0 Å². The van der Waals surface area contributed by atoms with Gasteiger partial charge >= 0.3 is 0 Å². The van der Waals surface area contributed by atoms with Gasteiger partial charge in [0.1, 0.15) is 0 Å². The minimum absolute atomic E-state index is 0. The van der Waals surface area contributed by atoms with Crippen LogP contribution in [0.1, 0.15) is 25.0 Å². The standard InChI is InChI=1S/C24H34N4O3.HI/c1-4-25-24(27-20-10-11-22(30-3)23(14-20)31-5-2)26-15-21(29)17-28-13-12-18-8-6-7-9-19(18)16-28;/h6-11,14,21,29H,4-5,12-13,15-17H2,1-3H3,(H2,25,26,27);1H. The van der Waals surface area contributed by atoms with Crippen LogP contribution in [0, 0.1) is 0 Å². The van der Waals surface area contributed by atoms with E-state index in [1.165, 1.54) is 11.1 Å². The van der Waals surface area contributed by atoms with Gasteiger partial charge in [0.25, 0.3) is 0 Å². The van der Waals surface area contributed by atoms with Crippen LogP contribution < -0.4 is 20.1 Å². The van der Waals surface area contributed by atoms with E-state index in [0.29, 0.717) is 37.2 Å². The lowest BCUT2D eigenvalue weighted by Crippen LogP contribution is -2.38. The molecule has 0 fully saturated rings. The van der Waals surface area contributed by atoms with E-state index in [0.717, 1.165) is 31.7 Å². The Morgan fingerprint density at radius 2 is 1.94 bits per heavy atom. The number of hydrogen-bond acceptors (Lipinski definition) is 5. The number of hydrogen-bond donors (Lipinski definition) is 3. The van der Waals surface area contributed by atoms with Crippen molar-refractivity contribution in [1.29, 1.82) is 0 Å². The fourth-order valence-electron chi connectivity index (χ4n) is 3.73. The van der Waals surface area contributed by atoms with Crippen molar-refractivity contribution in [3.05, 3.63) is 53.6 Å². The quantitative estimate of drug-likeness (QED) is 0.250. The van der Waals surface area contributed by atoms with Gasteiger partial charge in [-0.15, -0.1) is 24.0 Å². The number of ether oxygens (including phenoxy) is 2. The summed E-state index contributed by atoms with van der Waals surface area (Å²) in [6.45, 7) is 7.99. The molecular formula is C24H35IN4O3. The largest absolute Gasteiger partial charge is 0.493 e. The number of nitrogens with one attached hydrogen (secondary N) is 2. The number of nitrogens with zero attached hydrogens (tertiary/aromatic N) is 2. The molecule has 1 aliphatic heterocycles. The molecular weight excluding hydrogens is 519 g/mol. The monoisotopic (exact) mass is 554 g/mol. The van der Waals surface area contributed by atoms with E-state index >= 15 is 0 Å². The van der Waals surface area contributed by atoms with Gasteiger partial charge < -0.3 is 25.2 Å². The van der Waals surface area contributed by atoms with Crippen molar-refractivity contribution >= 4 is 35.6 Å². The molecule has 2 aromatic carbocycles. The zero-order valence-corrected chi connectivity index (χ0v) is 21.5. The van der Waals surface area contributed by atoms with Crippen LogP contribution in [0.3, 0.4) is 0 Å². The minimum atomic E-state index is -0.532. The number of fused-ring (bicyclic) bond motifs is 1. The molecule has 32 heavy (non-hydrogen) atoms. The fraction of sp³-hybridized carbons (Fsp3) is 0.458.